The minimum absolute atomic E-state index is 0.0483. The molecule has 9 nitrogen and oxygen atoms in total. The number of amides is 1. The van der Waals surface area contributed by atoms with E-state index in [4.69, 9.17) is 0 Å². The Morgan fingerprint density at radius 2 is 2.33 bits per heavy atom. The van der Waals surface area contributed by atoms with Crippen LogP contribution in [-0.4, -0.2) is 38.3 Å². The number of nitro groups is 1. The van der Waals surface area contributed by atoms with Gasteiger partial charge in [-0.15, -0.1) is 0 Å². The SMILES string of the molecule is Cc1cccnc1NC(=O)C1CCCN(c2nc3sccn3c2[N+](=O)[O-])C1. The lowest BCUT2D eigenvalue weighted by Crippen LogP contribution is -2.41. The third kappa shape index (κ3) is 3.23. The summed E-state index contributed by atoms with van der Waals surface area (Å²) in [4.78, 5) is 34.9. The first kappa shape index (κ1) is 17.4. The number of pyridine rings is 1. The van der Waals surface area contributed by atoms with E-state index in [0.29, 0.717) is 29.7 Å². The molecule has 0 aliphatic carbocycles. The topological polar surface area (TPSA) is 106 Å². The molecule has 1 aliphatic heterocycles. The van der Waals surface area contributed by atoms with Crippen LogP contribution in [0.4, 0.5) is 17.5 Å². The largest absolute Gasteiger partial charge is 0.373 e. The second-order valence-electron chi connectivity index (χ2n) is 6.52. The average Bonchev–Trinajstić information content (AvgIpc) is 3.24. The number of nitrogens with one attached hydrogen (secondary N) is 1. The third-order valence-electron chi connectivity index (χ3n) is 4.73. The molecule has 1 aliphatic rings. The Morgan fingerprint density at radius 3 is 3.11 bits per heavy atom. The number of hydrogen-bond donors (Lipinski definition) is 1. The zero-order chi connectivity index (χ0) is 19.0. The van der Waals surface area contributed by atoms with Crippen molar-refractivity contribution in [3.63, 3.8) is 0 Å². The minimum atomic E-state index is -0.414. The molecule has 1 unspecified atom stereocenters. The maximum absolute atomic E-state index is 12.7. The van der Waals surface area contributed by atoms with E-state index < -0.39 is 4.92 Å². The van der Waals surface area contributed by atoms with E-state index in [9.17, 15) is 14.9 Å². The van der Waals surface area contributed by atoms with Crippen LogP contribution in [0.1, 0.15) is 18.4 Å². The standard InChI is InChI=1S/C17H18N6O3S/c1-11-4-2-6-18-13(11)19-15(24)12-5-3-7-21(10-12)14-16(23(25)26)22-8-9-27-17(22)20-14/h2,4,6,8-9,12H,3,5,7,10H2,1H3,(H,18,19,24). The van der Waals surface area contributed by atoms with E-state index in [-0.39, 0.29) is 17.6 Å². The number of rotatable bonds is 4. The van der Waals surface area contributed by atoms with Crippen molar-refractivity contribution in [2.24, 2.45) is 5.92 Å². The van der Waals surface area contributed by atoms with Crippen molar-refractivity contribution < 1.29 is 9.72 Å². The van der Waals surface area contributed by atoms with Gasteiger partial charge in [-0.1, -0.05) is 17.4 Å². The first-order valence-electron chi connectivity index (χ1n) is 8.62. The molecule has 4 heterocycles. The van der Waals surface area contributed by atoms with Crippen molar-refractivity contribution in [2.45, 2.75) is 19.8 Å². The van der Waals surface area contributed by atoms with Gasteiger partial charge in [-0.25, -0.2) is 4.98 Å². The number of carbonyl (C=O) groups is 1. The molecule has 4 rings (SSSR count). The van der Waals surface area contributed by atoms with Gasteiger partial charge in [0.05, 0.1) is 5.92 Å². The van der Waals surface area contributed by atoms with Crippen LogP contribution in [-0.2, 0) is 4.79 Å². The highest BCUT2D eigenvalue weighted by molar-refractivity contribution is 7.15. The van der Waals surface area contributed by atoms with Gasteiger partial charge in [0, 0.05) is 24.7 Å². The molecule has 1 saturated heterocycles. The summed E-state index contributed by atoms with van der Waals surface area (Å²) in [6, 6.07) is 3.70. The molecule has 1 N–H and O–H groups in total. The summed E-state index contributed by atoms with van der Waals surface area (Å²) in [5.74, 6) is 0.434. The molecule has 0 bridgehead atoms. The Hall–Kier alpha value is -3.01. The number of fused-ring (bicyclic) bond motifs is 1. The van der Waals surface area contributed by atoms with E-state index in [1.54, 1.807) is 17.8 Å². The second-order valence-corrected chi connectivity index (χ2v) is 7.39. The highest BCUT2D eigenvalue weighted by Gasteiger charge is 2.33. The smallest absolute Gasteiger partial charge is 0.358 e. The number of piperidine rings is 1. The van der Waals surface area contributed by atoms with Crippen molar-refractivity contribution in [3.05, 3.63) is 45.6 Å². The van der Waals surface area contributed by atoms with E-state index in [2.05, 4.69) is 15.3 Å². The number of anilines is 2. The fourth-order valence-corrected chi connectivity index (χ4v) is 4.07. The van der Waals surface area contributed by atoms with Crippen LogP contribution in [0.25, 0.3) is 4.96 Å². The normalized spacial score (nSPS) is 17.2. The first-order chi connectivity index (χ1) is 13.0. The summed E-state index contributed by atoms with van der Waals surface area (Å²) in [6.45, 7) is 2.92. The summed E-state index contributed by atoms with van der Waals surface area (Å²) >= 11 is 1.35. The fraction of sp³-hybridized carbons (Fsp3) is 0.353. The molecule has 0 aromatic carbocycles. The number of carbonyl (C=O) groups excluding carboxylic acids is 1. The van der Waals surface area contributed by atoms with Gasteiger partial charge >= 0.3 is 5.82 Å². The van der Waals surface area contributed by atoms with E-state index in [0.717, 1.165) is 18.4 Å². The molecule has 0 radical (unpaired) electrons. The quantitative estimate of drug-likeness (QED) is 0.546. The Bertz CT molecular complexity index is 1010. The van der Waals surface area contributed by atoms with Gasteiger partial charge in [0.15, 0.2) is 0 Å². The Labute approximate surface area is 158 Å². The minimum Gasteiger partial charge on any atom is -0.358 e. The summed E-state index contributed by atoms with van der Waals surface area (Å²) in [6.07, 6.45) is 4.77. The van der Waals surface area contributed by atoms with Crippen molar-refractivity contribution in [2.75, 3.05) is 23.3 Å². The highest BCUT2D eigenvalue weighted by atomic mass is 32.1. The molecular weight excluding hydrogens is 368 g/mol. The number of hydrogen-bond acceptors (Lipinski definition) is 7. The van der Waals surface area contributed by atoms with E-state index in [1.807, 2.05) is 24.0 Å². The van der Waals surface area contributed by atoms with Crippen LogP contribution < -0.4 is 10.2 Å². The Morgan fingerprint density at radius 1 is 1.48 bits per heavy atom. The van der Waals surface area contributed by atoms with Gasteiger partial charge in [-0.3, -0.25) is 4.79 Å². The van der Waals surface area contributed by atoms with Gasteiger partial charge in [-0.2, -0.15) is 9.38 Å². The number of thiazole rings is 1. The molecule has 1 fully saturated rings. The lowest BCUT2D eigenvalue weighted by Gasteiger charge is -2.31. The predicted octanol–water partition coefficient (Wildman–Crippen LogP) is 2.86. The maximum Gasteiger partial charge on any atom is 0.373 e. The van der Waals surface area contributed by atoms with Crippen molar-refractivity contribution in [1.29, 1.82) is 0 Å². The number of imidazole rings is 1. The van der Waals surface area contributed by atoms with Gasteiger partial charge < -0.3 is 20.3 Å². The Kier molecular flexibility index (Phi) is 4.48. The maximum atomic E-state index is 12.7. The Balaban J connectivity index is 1.56. The van der Waals surface area contributed by atoms with Gasteiger partial charge in [-0.05, 0) is 36.3 Å². The first-order valence-corrected chi connectivity index (χ1v) is 9.50. The van der Waals surface area contributed by atoms with Crippen LogP contribution in [0, 0.1) is 23.0 Å². The van der Waals surface area contributed by atoms with Crippen LogP contribution in [0.3, 0.4) is 0 Å². The number of nitrogens with zero attached hydrogens (tertiary/aromatic N) is 5. The van der Waals surface area contributed by atoms with E-state index >= 15 is 0 Å². The monoisotopic (exact) mass is 386 g/mol. The molecule has 10 heteroatoms. The summed E-state index contributed by atoms with van der Waals surface area (Å²) in [7, 11) is 0. The fourth-order valence-electron chi connectivity index (χ4n) is 3.36. The number of aryl methyl sites for hydroxylation is 1. The molecule has 3 aromatic heterocycles. The summed E-state index contributed by atoms with van der Waals surface area (Å²) in [5, 5.41) is 16.2. The summed E-state index contributed by atoms with van der Waals surface area (Å²) < 4.78 is 1.49. The van der Waals surface area contributed by atoms with Crippen molar-refractivity contribution in [1.82, 2.24) is 14.4 Å². The van der Waals surface area contributed by atoms with Gasteiger partial charge in [0.2, 0.25) is 11.7 Å². The van der Waals surface area contributed by atoms with Crippen LogP contribution in [0.5, 0.6) is 0 Å². The van der Waals surface area contributed by atoms with Crippen molar-refractivity contribution in [3.8, 4) is 0 Å². The molecule has 1 atom stereocenters. The highest BCUT2D eigenvalue weighted by Crippen LogP contribution is 2.33. The molecule has 0 spiro atoms. The molecule has 27 heavy (non-hydrogen) atoms. The molecule has 1 amide bonds. The number of aromatic nitrogens is 3. The van der Waals surface area contributed by atoms with E-state index in [1.165, 1.54) is 15.7 Å². The van der Waals surface area contributed by atoms with Gasteiger partial charge in [0.25, 0.3) is 4.96 Å². The molecular formula is C17H18N6O3S. The zero-order valence-electron chi connectivity index (χ0n) is 14.7. The predicted molar refractivity (Wildman–Crippen MR) is 102 cm³/mol. The van der Waals surface area contributed by atoms with Crippen LogP contribution in [0.2, 0.25) is 0 Å². The average molecular weight is 386 g/mol. The lowest BCUT2D eigenvalue weighted by atomic mass is 9.97. The molecule has 0 saturated carbocycles. The molecule has 140 valence electrons. The zero-order valence-corrected chi connectivity index (χ0v) is 15.5. The third-order valence-corrected chi connectivity index (χ3v) is 5.49. The van der Waals surface area contributed by atoms with Gasteiger partial charge in [0.1, 0.15) is 12.0 Å². The second kappa shape index (κ2) is 6.95. The summed E-state index contributed by atoms with van der Waals surface area (Å²) in [5.41, 5.74) is 0.892. The van der Waals surface area contributed by atoms with Crippen molar-refractivity contribution >= 4 is 39.7 Å². The van der Waals surface area contributed by atoms with Crippen LogP contribution in [0.15, 0.2) is 29.9 Å². The van der Waals surface area contributed by atoms with Crippen LogP contribution >= 0.6 is 11.3 Å². The molecule has 3 aromatic rings. The lowest BCUT2D eigenvalue weighted by molar-refractivity contribution is -0.389.